The SMILES string of the molecule is C#Cc1c(F)ccc2cc(O)cc(-c3ncc4c(N5CC6CCC(C5)N6)nc(OCC5CCCN5C)nc4c3F)c12.CC.COC(=O)N1CCN(c2ccc3c(c2)CN(C2CCC(=O)NC2=O)C3=O)CC1. The van der Waals surface area contributed by atoms with E-state index in [-0.39, 0.29) is 64.5 Å². The quantitative estimate of drug-likeness (QED) is 0.136. The second-order valence-corrected chi connectivity index (χ2v) is 18.5. The van der Waals surface area contributed by atoms with Gasteiger partial charge in [0.1, 0.15) is 41.2 Å². The number of aromatic nitrogens is 3. The van der Waals surface area contributed by atoms with Crippen LogP contribution in [-0.2, 0) is 20.9 Å². The Balaban J connectivity index is 0.000000182. The number of imide groups is 1. The summed E-state index contributed by atoms with van der Waals surface area (Å²) < 4.78 is 42.2. The molecule has 6 aliphatic heterocycles. The van der Waals surface area contributed by atoms with Crippen molar-refractivity contribution in [1.82, 2.24) is 40.3 Å². The molecule has 6 aliphatic rings. The molecule has 4 atom stereocenters. The van der Waals surface area contributed by atoms with Crippen molar-refractivity contribution in [2.24, 2.45) is 0 Å². The van der Waals surface area contributed by atoms with Crippen LogP contribution < -0.4 is 25.2 Å². The zero-order valence-corrected chi connectivity index (χ0v) is 40.3. The van der Waals surface area contributed by atoms with E-state index in [1.807, 2.05) is 26.0 Å². The molecular formula is C52H58F2N10O7. The molecule has 0 spiro atoms. The van der Waals surface area contributed by atoms with Gasteiger partial charge in [0.2, 0.25) is 11.8 Å². The summed E-state index contributed by atoms with van der Waals surface area (Å²) >= 11 is 0. The number of piperidine rings is 1. The van der Waals surface area contributed by atoms with Gasteiger partial charge in [-0.25, -0.2) is 13.6 Å². The predicted octanol–water partition coefficient (Wildman–Crippen LogP) is 5.59. The molecule has 2 bridgehead atoms. The van der Waals surface area contributed by atoms with E-state index in [2.05, 4.69) is 48.3 Å². The minimum Gasteiger partial charge on any atom is -0.508 e. The number of hydrogen-bond donors (Lipinski definition) is 3. The van der Waals surface area contributed by atoms with Crippen LogP contribution >= 0.6 is 0 Å². The number of anilines is 2. The van der Waals surface area contributed by atoms with Crippen molar-refractivity contribution < 1.29 is 42.5 Å². The Kier molecular flexibility index (Phi) is 14.2. The zero-order valence-electron chi connectivity index (χ0n) is 40.3. The summed E-state index contributed by atoms with van der Waals surface area (Å²) in [6.45, 7) is 9.74. The molecule has 8 heterocycles. The van der Waals surface area contributed by atoms with Crippen molar-refractivity contribution in [2.45, 2.75) is 83.1 Å². The van der Waals surface area contributed by atoms with Crippen molar-refractivity contribution in [2.75, 3.05) is 76.4 Å². The lowest BCUT2D eigenvalue weighted by Crippen LogP contribution is -2.52. The van der Waals surface area contributed by atoms with E-state index >= 15 is 4.39 Å². The van der Waals surface area contributed by atoms with Crippen molar-refractivity contribution in [3.05, 3.63) is 77.0 Å². The molecule has 4 unspecified atom stereocenters. The van der Waals surface area contributed by atoms with Gasteiger partial charge in [0, 0.05) is 98.8 Å². The molecule has 4 amide bonds. The molecule has 3 N–H and O–H groups in total. The first kappa shape index (κ1) is 48.8. The standard InChI is InChI=1S/C31H30F2N6O2.C19H22N4O5.C2H6/c1-3-22-25(32)9-6-17-11-21(40)12-23(26(17)22)28-27(33)29-24(13-34-28)30(39-14-18-7-8-19(15-39)35-18)37-31(36-29)41-16-20-5-4-10-38(20)2;1-28-19(27)22-8-6-21(7-9-22)13-2-3-14-12(10-13)11-23(18(14)26)15-4-5-16(24)20-17(15)25;1-2/h1,6,9,11-13,18-20,35,40H,4-5,7-8,10,14-16H2,2H3;2-3,10,15H,4-9,11H2,1H3,(H,20,24,25);1-2H3. The monoisotopic (exact) mass is 972 g/mol. The Bertz CT molecular complexity index is 2930. The van der Waals surface area contributed by atoms with Gasteiger partial charge in [-0.1, -0.05) is 25.8 Å². The van der Waals surface area contributed by atoms with Crippen LogP contribution in [0.5, 0.6) is 11.8 Å². The average Bonchev–Trinajstić information content (AvgIpc) is 4.07. The first-order valence-corrected chi connectivity index (χ1v) is 24.3. The average molecular weight is 973 g/mol. The lowest BCUT2D eigenvalue weighted by atomic mass is 9.96. The minimum absolute atomic E-state index is 0.0248. The Labute approximate surface area is 410 Å². The maximum Gasteiger partial charge on any atom is 0.409 e. The Morgan fingerprint density at radius 2 is 1.69 bits per heavy atom. The largest absolute Gasteiger partial charge is 0.508 e. The summed E-state index contributed by atoms with van der Waals surface area (Å²) in [5.41, 5.74) is 2.58. The number of pyridine rings is 1. The van der Waals surface area contributed by atoms with Crippen molar-refractivity contribution in [3.63, 3.8) is 0 Å². The van der Waals surface area contributed by atoms with Crippen LogP contribution in [0.15, 0.2) is 48.7 Å². The molecule has 17 nitrogen and oxygen atoms in total. The molecule has 5 saturated heterocycles. The topological polar surface area (TPSA) is 186 Å². The summed E-state index contributed by atoms with van der Waals surface area (Å²) in [6.07, 6.45) is 11.8. The number of halogens is 2. The number of piperazine rings is 2. The highest BCUT2D eigenvalue weighted by Gasteiger charge is 2.40. The lowest BCUT2D eigenvalue weighted by molar-refractivity contribution is -0.136. The number of hydrogen-bond acceptors (Lipinski definition) is 14. The van der Waals surface area contributed by atoms with E-state index in [9.17, 15) is 28.7 Å². The molecular weight excluding hydrogens is 915 g/mol. The van der Waals surface area contributed by atoms with Crippen LogP contribution in [0.1, 0.15) is 73.9 Å². The number of fused-ring (bicyclic) bond motifs is 5. The fourth-order valence-electron chi connectivity index (χ4n) is 10.6. The fraction of sp³-hybridized carbons (Fsp3) is 0.442. The molecule has 5 aromatic rings. The van der Waals surface area contributed by atoms with Crippen molar-refractivity contribution in [3.8, 4) is 35.4 Å². The van der Waals surface area contributed by atoms with Gasteiger partial charge >= 0.3 is 12.1 Å². The number of benzene rings is 3. The number of phenolic OH excluding ortho intramolecular Hbond substituents is 1. The van der Waals surface area contributed by atoms with Crippen LogP contribution in [0.3, 0.4) is 0 Å². The summed E-state index contributed by atoms with van der Waals surface area (Å²) in [6, 6.07) is 11.6. The maximum atomic E-state index is 16.6. The van der Waals surface area contributed by atoms with Crippen LogP contribution in [0.25, 0.3) is 32.9 Å². The highest BCUT2D eigenvalue weighted by Crippen LogP contribution is 2.40. The molecule has 0 saturated carbocycles. The first-order valence-electron chi connectivity index (χ1n) is 24.3. The number of methoxy groups -OCH3 is 1. The molecule has 5 fully saturated rings. The van der Waals surface area contributed by atoms with Crippen LogP contribution in [0.2, 0.25) is 0 Å². The smallest absolute Gasteiger partial charge is 0.409 e. The Morgan fingerprint density at radius 3 is 2.38 bits per heavy atom. The number of nitrogens with zero attached hydrogens (tertiary/aromatic N) is 8. The molecule has 2 aromatic heterocycles. The third-order valence-electron chi connectivity index (χ3n) is 14.3. The highest BCUT2D eigenvalue weighted by atomic mass is 19.1. The molecule has 19 heteroatoms. The lowest BCUT2D eigenvalue weighted by Gasteiger charge is -2.35. The van der Waals surface area contributed by atoms with Gasteiger partial charge in [-0.3, -0.25) is 24.7 Å². The molecule has 3 aromatic carbocycles. The summed E-state index contributed by atoms with van der Waals surface area (Å²) in [4.78, 5) is 71.4. The summed E-state index contributed by atoms with van der Waals surface area (Å²) in [5, 5.41) is 17.6. The van der Waals surface area contributed by atoms with Crippen molar-refractivity contribution >= 4 is 57.0 Å². The zero-order chi connectivity index (χ0) is 50.1. The van der Waals surface area contributed by atoms with Gasteiger partial charge in [0.25, 0.3) is 5.91 Å². The first-order chi connectivity index (χ1) is 34.4. The second kappa shape index (κ2) is 20.7. The summed E-state index contributed by atoms with van der Waals surface area (Å²) in [5.74, 6) is 0.639. The molecule has 0 radical (unpaired) electrons. The minimum atomic E-state index is -0.716. The highest BCUT2D eigenvalue weighted by molar-refractivity contribution is 6.06. The number of likely N-dealkylation sites (tertiary alicyclic amines) is 1. The maximum absolute atomic E-state index is 16.6. The molecule has 0 aliphatic carbocycles. The van der Waals surface area contributed by atoms with Gasteiger partial charge < -0.3 is 44.4 Å². The number of rotatable bonds is 7. The van der Waals surface area contributed by atoms with Gasteiger partial charge in [-0.2, -0.15) is 9.97 Å². The molecule has 372 valence electrons. The Hall–Kier alpha value is -7.17. The van der Waals surface area contributed by atoms with Crippen LogP contribution in [0, 0.1) is 24.0 Å². The number of aromatic hydroxyl groups is 1. The fourth-order valence-corrected chi connectivity index (χ4v) is 10.6. The number of ether oxygens (including phenoxy) is 2. The van der Waals surface area contributed by atoms with Crippen molar-refractivity contribution in [1.29, 1.82) is 0 Å². The van der Waals surface area contributed by atoms with Gasteiger partial charge in [-0.05, 0) is 93.0 Å². The summed E-state index contributed by atoms with van der Waals surface area (Å²) in [7, 11) is 3.44. The molecule has 71 heavy (non-hydrogen) atoms. The molecule has 11 rings (SSSR count). The number of likely N-dealkylation sites (N-methyl/N-ethyl adjacent to an activating group) is 1. The van der Waals surface area contributed by atoms with Gasteiger partial charge in [-0.15, -0.1) is 6.42 Å². The number of carbonyl (C=O) groups excluding carboxylic acids is 4. The van der Waals surface area contributed by atoms with E-state index in [0.717, 1.165) is 56.6 Å². The third-order valence-corrected chi connectivity index (χ3v) is 14.3. The van der Waals surface area contributed by atoms with Crippen LogP contribution in [0.4, 0.5) is 25.1 Å². The van der Waals surface area contributed by atoms with Gasteiger partial charge in [0.05, 0.1) is 18.1 Å². The van der Waals surface area contributed by atoms with E-state index in [0.29, 0.717) is 85.4 Å². The predicted molar refractivity (Wildman–Crippen MR) is 263 cm³/mol. The number of terminal acetylenes is 1. The number of phenols is 1. The van der Waals surface area contributed by atoms with E-state index in [4.69, 9.17) is 20.9 Å². The van der Waals surface area contributed by atoms with Crippen LogP contribution in [-0.4, -0.2) is 149 Å². The normalized spacial score (nSPS) is 21.8. The van der Waals surface area contributed by atoms with Gasteiger partial charge in [0.15, 0.2) is 5.82 Å². The number of carbonyl (C=O) groups is 4. The number of amides is 4. The Morgan fingerprint density at radius 1 is 0.930 bits per heavy atom. The van der Waals surface area contributed by atoms with E-state index in [1.54, 1.807) is 22.1 Å². The third kappa shape index (κ3) is 9.70. The van der Waals surface area contributed by atoms with E-state index < -0.39 is 23.6 Å². The second-order valence-electron chi connectivity index (χ2n) is 18.5. The number of nitrogens with one attached hydrogen (secondary N) is 2. The van der Waals surface area contributed by atoms with E-state index in [1.165, 1.54) is 31.4 Å².